The molecular weight excluding hydrogens is 298 g/mol. The highest BCUT2D eigenvalue weighted by Gasteiger charge is 2.14. The van der Waals surface area contributed by atoms with Gasteiger partial charge in [0.1, 0.15) is 5.75 Å². The van der Waals surface area contributed by atoms with Gasteiger partial charge in [-0.15, -0.1) is 0 Å². The van der Waals surface area contributed by atoms with Crippen LogP contribution in [0, 0.1) is 13.8 Å². The molecule has 2 rings (SSSR count). The Labute approximate surface area is 136 Å². The second kappa shape index (κ2) is 7.32. The Morgan fingerprint density at radius 1 is 1.14 bits per heavy atom. The van der Waals surface area contributed by atoms with Crippen LogP contribution in [0.15, 0.2) is 42.5 Å². The van der Waals surface area contributed by atoms with Crippen molar-refractivity contribution in [3.8, 4) is 5.75 Å². The van der Waals surface area contributed by atoms with Crippen molar-refractivity contribution in [2.45, 2.75) is 33.4 Å². The topological polar surface area (TPSA) is 38.3 Å². The van der Waals surface area contributed by atoms with E-state index in [2.05, 4.69) is 5.32 Å². The van der Waals surface area contributed by atoms with Crippen molar-refractivity contribution in [2.24, 2.45) is 0 Å². The summed E-state index contributed by atoms with van der Waals surface area (Å²) in [5.74, 6) is 0.561. The third-order valence-corrected chi connectivity index (χ3v) is 3.79. The third kappa shape index (κ3) is 4.50. The molecule has 2 aromatic carbocycles. The van der Waals surface area contributed by atoms with E-state index in [0.29, 0.717) is 17.3 Å². The maximum Gasteiger partial charge on any atom is 0.261 e. The normalized spacial score (nSPS) is 11.8. The molecule has 0 saturated heterocycles. The molecule has 0 fully saturated rings. The number of hydrogen-bond donors (Lipinski definition) is 1. The smallest absolute Gasteiger partial charge is 0.261 e. The maximum atomic E-state index is 12.1. The van der Waals surface area contributed by atoms with Crippen molar-refractivity contribution in [1.29, 1.82) is 0 Å². The summed E-state index contributed by atoms with van der Waals surface area (Å²) in [7, 11) is 0. The lowest BCUT2D eigenvalue weighted by atomic mass is 10.1. The second-order valence-corrected chi connectivity index (χ2v) is 5.79. The summed E-state index contributed by atoms with van der Waals surface area (Å²) in [5, 5.41) is 3.54. The number of benzene rings is 2. The average Bonchev–Trinajstić information content (AvgIpc) is 2.50. The minimum Gasteiger partial charge on any atom is -0.481 e. The molecule has 0 aromatic heterocycles. The Kier molecular flexibility index (Phi) is 5.45. The van der Waals surface area contributed by atoms with Crippen LogP contribution in [-0.4, -0.2) is 12.0 Å². The van der Waals surface area contributed by atoms with Gasteiger partial charge < -0.3 is 10.1 Å². The van der Waals surface area contributed by atoms with Crippen molar-refractivity contribution in [1.82, 2.24) is 5.32 Å². The van der Waals surface area contributed by atoms with Gasteiger partial charge in [0.2, 0.25) is 0 Å². The van der Waals surface area contributed by atoms with Gasteiger partial charge in [-0.05, 0) is 61.7 Å². The first-order valence-electron chi connectivity index (χ1n) is 7.22. The first-order valence-corrected chi connectivity index (χ1v) is 7.59. The quantitative estimate of drug-likeness (QED) is 0.903. The van der Waals surface area contributed by atoms with Crippen molar-refractivity contribution >= 4 is 17.5 Å². The molecule has 0 aliphatic carbocycles. The number of aryl methyl sites for hydroxylation is 2. The largest absolute Gasteiger partial charge is 0.481 e. The Morgan fingerprint density at radius 3 is 2.45 bits per heavy atom. The number of carbonyl (C=O) groups excluding carboxylic acids is 1. The lowest BCUT2D eigenvalue weighted by Crippen LogP contribution is -2.35. The molecule has 4 heteroatoms. The number of amides is 1. The van der Waals surface area contributed by atoms with Crippen molar-refractivity contribution in [3.05, 3.63) is 64.2 Å². The molecule has 116 valence electrons. The molecule has 0 aliphatic heterocycles. The summed E-state index contributed by atoms with van der Waals surface area (Å²) in [6, 6.07) is 13.2. The summed E-state index contributed by atoms with van der Waals surface area (Å²) < 4.78 is 5.69. The van der Waals surface area contributed by atoms with Crippen molar-refractivity contribution < 1.29 is 9.53 Å². The van der Waals surface area contributed by atoms with Crippen LogP contribution < -0.4 is 10.1 Å². The van der Waals surface area contributed by atoms with Crippen molar-refractivity contribution in [2.75, 3.05) is 0 Å². The molecule has 22 heavy (non-hydrogen) atoms. The molecule has 0 heterocycles. The van der Waals surface area contributed by atoms with E-state index in [1.165, 1.54) is 5.56 Å². The fourth-order valence-electron chi connectivity index (χ4n) is 1.98. The van der Waals surface area contributed by atoms with Crippen LogP contribution in [0.1, 0.15) is 23.6 Å². The Hall–Kier alpha value is -2.00. The Balaban J connectivity index is 1.88. The van der Waals surface area contributed by atoms with Gasteiger partial charge in [-0.3, -0.25) is 4.79 Å². The monoisotopic (exact) mass is 317 g/mol. The van der Waals surface area contributed by atoms with E-state index in [1.54, 1.807) is 19.1 Å². The summed E-state index contributed by atoms with van der Waals surface area (Å²) >= 11 is 5.83. The molecule has 3 nitrogen and oxygen atoms in total. The molecule has 1 N–H and O–H groups in total. The lowest BCUT2D eigenvalue weighted by Gasteiger charge is -2.15. The number of rotatable bonds is 5. The highest BCUT2D eigenvalue weighted by atomic mass is 35.5. The zero-order chi connectivity index (χ0) is 16.1. The molecule has 0 radical (unpaired) electrons. The number of ether oxygens (including phenoxy) is 1. The van der Waals surface area contributed by atoms with Gasteiger partial charge in [0.25, 0.3) is 5.91 Å². The van der Waals surface area contributed by atoms with Crippen LogP contribution in [0.5, 0.6) is 5.75 Å². The first kappa shape index (κ1) is 16.4. The fourth-order valence-corrected chi connectivity index (χ4v) is 2.11. The van der Waals surface area contributed by atoms with Crippen LogP contribution in [0.25, 0.3) is 0 Å². The molecule has 1 atom stereocenters. The number of carbonyl (C=O) groups is 1. The Morgan fingerprint density at radius 2 is 1.82 bits per heavy atom. The molecule has 0 bridgehead atoms. The van der Waals surface area contributed by atoms with Gasteiger partial charge in [0.05, 0.1) is 0 Å². The molecule has 0 saturated carbocycles. The van der Waals surface area contributed by atoms with Crippen LogP contribution in [0.4, 0.5) is 0 Å². The number of halogens is 1. The molecule has 2 aromatic rings. The van der Waals surface area contributed by atoms with E-state index in [0.717, 1.165) is 11.1 Å². The van der Waals surface area contributed by atoms with Gasteiger partial charge >= 0.3 is 0 Å². The second-order valence-electron chi connectivity index (χ2n) is 5.35. The molecule has 1 amide bonds. The molecule has 0 spiro atoms. The highest BCUT2D eigenvalue weighted by Crippen LogP contribution is 2.17. The maximum absolute atomic E-state index is 12.1. The van der Waals surface area contributed by atoms with E-state index in [-0.39, 0.29) is 5.91 Å². The first-order chi connectivity index (χ1) is 10.5. The van der Waals surface area contributed by atoms with Crippen molar-refractivity contribution in [3.63, 3.8) is 0 Å². The summed E-state index contributed by atoms with van der Waals surface area (Å²) in [6.07, 6.45) is -0.547. The number of nitrogens with one attached hydrogen (secondary N) is 1. The molecule has 0 aliphatic rings. The van der Waals surface area contributed by atoms with E-state index in [9.17, 15) is 4.79 Å². The van der Waals surface area contributed by atoms with Gasteiger partial charge in [0.15, 0.2) is 6.10 Å². The van der Waals surface area contributed by atoms with Gasteiger partial charge in [-0.25, -0.2) is 0 Å². The minimum absolute atomic E-state index is 0.145. The van der Waals surface area contributed by atoms with Crippen LogP contribution in [-0.2, 0) is 11.3 Å². The van der Waals surface area contributed by atoms with Crippen LogP contribution in [0.2, 0.25) is 5.02 Å². The standard InChI is InChI=1S/C18H20ClNO2/c1-12-4-9-17(10-13(12)2)22-14(3)18(21)20-11-15-5-7-16(19)8-6-15/h4-10,14H,11H2,1-3H3,(H,20,21)/t14-/m1/s1. The fraction of sp³-hybridized carbons (Fsp3) is 0.278. The average molecular weight is 318 g/mol. The van der Waals surface area contributed by atoms with E-state index in [1.807, 2.05) is 44.2 Å². The lowest BCUT2D eigenvalue weighted by molar-refractivity contribution is -0.127. The minimum atomic E-state index is -0.547. The van der Waals surface area contributed by atoms with E-state index in [4.69, 9.17) is 16.3 Å². The van der Waals surface area contributed by atoms with Gasteiger partial charge in [-0.1, -0.05) is 29.8 Å². The molecule has 0 unspecified atom stereocenters. The summed E-state index contributed by atoms with van der Waals surface area (Å²) in [5.41, 5.74) is 3.34. The predicted molar refractivity (Wildman–Crippen MR) is 89.3 cm³/mol. The summed E-state index contributed by atoms with van der Waals surface area (Å²) in [6.45, 7) is 6.26. The SMILES string of the molecule is Cc1ccc(O[C@H](C)C(=O)NCc2ccc(Cl)cc2)cc1C. The highest BCUT2D eigenvalue weighted by molar-refractivity contribution is 6.30. The van der Waals surface area contributed by atoms with E-state index < -0.39 is 6.10 Å². The van der Waals surface area contributed by atoms with Gasteiger partial charge in [0, 0.05) is 11.6 Å². The zero-order valence-corrected chi connectivity index (χ0v) is 13.8. The zero-order valence-electron chi connectivity index (χ0n) is 13.0. The Bertz CT molecular complexity index is 653. The third-order valence-electron chi connectivity index (χ3n) is 3.54. The van der Waals surface area contributed by atoms with E-state index >= 15 is 0 Å². The van der Waals surface area contributed by atoms with Gasteiger partial charge in [-0.2, -0.15) is 0 Å². The van der Waals surface area contributed by atoms with Crippen LogP contribution in [0.3, 0.4) is 0 Å². The van der Waals surface area contributed by atoms with Crippen LogP contribution >= 0.6 is 11.6 Å². The predicted octanol–water partition coefficient (Wildman–Crippen LogP) is 4.04. The summed E-state index contributed by atoms with van der Waals surface area (Å²) in [4.78, 5) is 12.1. The molecular formula is C18H20ClNO2. The number of hydrogen-bond acceptors (Lipinski definition) is 2.